The van der Waals surface area contributed by atoms with Crippen LogP contribution in [0.15, 0.2) is 72.8 Å². The number of hydrogen-bond acceptors (Lipinski definition) is 7. The lowest BCUT2D eigenvalue weighted by atomic mass is 9.90. The number of carbonyl (C=O) groups is 1. The SMILES string of the molecule is COc1ccc2nc3cc(Cl)ccc3c(NCCCCN(CCCNc3c4ccc(Cl)cc4nc4ccc(OC)cc34)C(=O)C3CCCCCCC3)c2c1. The van der Waals surface area contributed by atoms with E-state index in [9.17, 15) is 4.79 Å². The topological polar surface area (TPSA) is 88.6 Å². The van der Waals surface area contributed by atoms with Crippen molar-refractivity contribution in [3.05, 3.63) is 82.8 Å². The molecule has 1 fully saturated rings. The van der Waals surface area contributed by atoms with Gasteiger partial charge in [0.05, 0.1) is 47.7 Å². The Morgan fingerprint density at radius 1 is 0.630 bits per heavy atom. The number of ether oxygens (including phenoxy) is 2. The number of carbonyl (C=O) groups excluding carboxylic acids is 1. The molecule has 6 aromatic rings. The first-order chi connectivity index (χ1) is 26.4. The van der Waals surface area contributed by atoms with Gasteiger partial charge in [-0.25, -0.2) is 9.97 Å². The summed E-state index contributed by atoms with van der Waals surface area (Å²) in [4.78, 5) is 26.1. The average molecular weight is 767 g/mol. The van der Waals surface area contributed by atoms with Crippen LogP contribution in [0.1, 0.15) is 64.2 Å². The number of unbranched alkanes of at least 4 members (excludes halogenated alkanes) is 1. The zero-order valence-corrected chi connectivity index (χ0v) is 32.7. The maximum atomic E-state index is 14.2. The van der Waals surface area contributed by atoms with Gasteiger partial charge in [-0.1, -0.05) is 55.3 Å². The van der Waals surface area contributed by atoms with Crippen molar-refractivity contribution in [2.75, 3.05) is 51.0 Å². The number of aromatic nitrogens is 2. The smallest absolute Gasteiger partial charge is 0.225 e. The molecule has 1 saturated carbocycles. The van der Waals surface area contributed by atoms with E-state index in [4.69, 9.17) is 42.6 Å². The van der Waals surface area contributed by atoms with Gasteiger partial charge in [-0.15, -0.1) is 0 Å². The van der Waals surface area contributed by atoms with Crippen molar-refractivity contribution in [2.24, 2.45) is 5.92 Å². The molecule has 0 saturated heterocycles. The summed E-state index contributed by atoms with van der Waals surface area (Å²) >= 11 is 12.7. The molecule has 0 aliphatic heterocycles. The van der Waals surface area contributed by atoms with Crippen LogP contribution in [0.4, 0.5) is 11.4 Å². The Morgan fingerprint density at radius 3 is 1.67 bits per heavy atom. The zero-order chi connectivity index (χ0) is 37.4. The summed E-state index contributed by atoms with van der Waals surface area (Å²) in [6.45, 7) is 2.90. The van der Waals surface area contributed by atoms with Gasteiger partial charge in [0, 0.05) is 63.7 Å². The van der Waals surface area contributed by atoms with Crippen molar-refractivity contribution in [1.82, 2.24) is 14.9 Å². The number of methoxy groups -OCH3 is 2. The molecule has 1 aliphatic rings. The summed E-state index contributed by atoms with van der Waals surface area (Å²) < 4.78 is 11.1. The van der Waals surface area contributed by atoms with Crippen LogP contribution >= 0.6 is 23.2 Å². The van der Waals surface area contributed by atoms with E-state index in [0.29, 0.717) is 29.0 Å². The molecule has 0 atom stereocenters. The minimum Gasteiger partial charge on any atom is -0.497 e. The van der Waals surface area contributed by atoms with E-state index in [0.717, 1.165) is 125 Å². The van der Waals surface area contributed by atoms with E-state index in [1.807, 2.05) is 72.8 Å². The summed E-state index contributed by atoms with van der Waals surface area (Å²) in [6, 6.07) is 23.6. The molecule has 2 N–H and O–H groups in total. The van der Waals surface area contributed by atoms with Crippen molar-refractivity contribution in [1.29, 1.82) is 0 Å². The van der Waals surface area contributed by atoms with Gasteiger partial charge in [0.1, 0.15) is 11.5 Å². The second-order valence-corrected chi connectivity index (χ2v) is 15.2. The lowest BCUT2D eigenvalue weighted by molar-refractivity contribution is -0.136. The second-order valence-electron chi connectivity index (χ2n) is 14.3. The highest BCUT2D eigenvalue weighted by atomic mass is 35.5. The van der Waals surface area contributed by atoms with Crippen LogP contribution in [0.2, 0.25) is 10.0 Å². The fourth-order valence-electron chi connectivity index (χ4n) is 7.85. The maximum Gasteiger partial charge on any atom is 0.225 e. The van der Waals surface area contributed by atoms with Gasteiger partial charge in [-0.05, 0) is 105 Å². The Labute approximate surface area is 327 Å². The van der Waals surface area contributed by atoms with Crippen LogP contribution in [0.25, 0.3) is 43.6 Å². The van der Waals surface area contributed by atoms with Crippen LogP contribution < -0.4 is 20.1 Å². The number of halogens is 2. The predicted octanol–water partition coefficient (Wildman–Crippen LogP) is 11.3. The molecule has 8 nitrogen and oxygen atoms in total. The van der Waals surface area contributed by atoms with Gasteiger partial charge in [0.2, 0.25) is 5.91 Å². The van der Waals surface area contributed by atoms with E-state index in [1.165, 1.54) is 19.3 Å². The minimum atomic E-state index is 0.109. The van der Waals surface area contributed by atoms with Crippen LogP contribution in [0.3, 0.4) is 0 Å². The summed E-state index contributed by atoms with van der Waals surface area (Å²) in [6.07, 6.45) is 10.6. The minimum absolute atomic E-state index is 0.109. The second kappa shape index (κ2) is 17.7. The van der Waals surface area contributed by atoms with Gasteiger partial charge in [-0.2, -0.15) is 0 Å². The van der Waals surface area contributed by atoms with Gasteiger partial charge < -0.3 is 25.0 Å². The fourth-order valence-corrected chi connectivity index (χ4v) is 8.18. The number of nitrogens with one attached hydrogen (secondary N) is 2. The highest BCUT2D eigenvalue weighted by Crippen LogP contribution is 2.36. The zero-order valence-electron chi connectivity index (χ0n) is 31.2. The number of amides is 1. The molecule has 282 valence electrons. The quantitative estimate of drug-likeness (QED) is 0.0843. The Balaban J connectivity index is 1.04. The Morgan fingerprint density at radius 2 is 1.13 bits per heavy atom. The number of fused-ring (bicyclic) bond motifs is 4. The molecule has 4 aromatic carbocycles. The Kier molecular flexibility index (Phi) is 12.4. The Hall–Kier alpha value is -4.53. The Bertz CT molecular complexity index is 2260. The van der Waals surface area contributed by atoms with Crippen molar-refractivity contribution >= 4 is 84.1 Å². The molecule has 54 heavy (non-hydrogen) atoms. The molecular weight excluding hydrogens is 717 g/mol. The number of rotatable bonds is 14. The number of benzene rings is 4. The molecule has 0 bridgehead atoms. The first-order valence-electron chi connectivity index (χ1n) is 19.3. The third kappa shape index (κ3) is 8.71. The molecule has 0 radical (unpaired) electrons. The summed E-state index contributed by atoms with van der Waals surface area (Å²) in [5.74, 6) is 1.99. The monoisotopic (exact) mass is 765 g/mol. The van der Waals surface area contributed by atoms with Crippen molar-refractivity contribution in [3.8, 4) is 11.5 Å². The molecule has 0 unspecified atom stereocenters. The highest BCUT2D eigenvalue weighted by Gasteiger charge is 2.24. The maximum absolute atomic E-state index is 14.2. The van der Waals surface area contributed by atoms with Gasteiger partial charge in [0.25, 0.3) is 0 Å². The summed E-state index contributed by atoms with van der Waals surface area (Å²) in [7, 11) is 3.36. The van der Waals surface area contributed by atoms with Crippen molar-refractivity contribution in [2.45, 2.75) is 64.2 Å². The molecule has 2 aromatic heterocycles. The van der Waals surface area contributed by atoms with E-state index in [1.54, 1.807) is 14.2 Å². The molecular formula is C44H49Cl2N5O3. The number of hydrogen-bond donors (Lipinski definition) is 2. The van der Waals surface area contributed by atoms with Crippen LogP contribution in [-0.4, -0.2) is 61.2 Å². The third-order valence-corrected chi connectivity index (χ3v) is 11.2. The summed E-state index contributed by atoms with van der Waals surface area (Å²) in [5.41, 5.74) is 5.48. The molecule has 0 spiro atoms. The molecule has 7 rings (SSSR count). The van der Waals surface area contributed by atoms with E-state index >= 15 is 0 Å². The first kappa shape index (κ1) is 37.8. The fraction of sp³-hybridized carbons (Fsp3) is 0.386. The van der Waals surface area contributed by atoms with Crippen LogP contribution in [-0.2, 0) is 4.79 Å². The average Bonchev–Trinajstić information content (AvgIpc) is 3.16. The van der Waals surface area contributed by atoms with E-state index < -0.39 is 0 Å². The standard InChI is InChI=1S/C44H49Cl2N5O3/c1-53-32-15-19-38-36(27-32)42(34-17-13-30(45)25-40(34)49-38)47-21-8-9-23-51(44(52)29-11-6-4-3-5-7-12-29)24-10-22-48-43-35-18-14-31(46)26-41(35)50-39-20-16-33(54-2)28-37(39)43/h13-20,25-29H,3-12,21-24H2,1-2H3,(H,47,49)(H,48,50). The molecule has 1 aliphatic carbocycles. The lowest BCUT2D eigenvalue weighted by Crippen LogP contribution is -2.38. The first-order valence-corrected chi connectivity index (χ1v) is 20.1. The molecule has 1 amide bonds. The van der Waals surface area contributed by atoms with Crippen molar-refractivity contribution in [3.63, 3.8) is 0 Å². The highest BCUT2D eigenvalue weighted by molar-refractivity contribution is 6.32. The molecule has 10 heteroatoms. The summed E-state index contributed by atoms with van der Waals surface area (Å²) in [5, 5.41) is 12.8. The largest absolute Gasteiger partial charge is 0.497 e. The van der Waals surface area contributed by atoms with Crippen LogP contribution in [0.5, 0.6) is 11.5 Å². The van der Waals surface area contributed by atoms with Crippen LogP contribution in [0, 0.1) is 5.92 Å². The number of pyridine rings is 2. The normalized spacial score (nSPS) is 13.9. The lowest BCUT2D eigenvalue weighted by Gasteiger charge is -2.29. The van der Waals surface area contributed by atoms with E-state index in [2.05, 4.69) is 15.5 Å². The predicted molar refractivity (Wildman–Crippen MR) is 225 cm³/mol. The van der Waals surface area contributed by atoms with Gasteiger partial charge >= 0.3 is 0 Å². The van der Waals surface area contributed by atoms with Crippen molar-refractivity contribution < 1.29 is 14.3 Å². The number of nitrogens with zero attached hydrogens (tertiary/aromatic N) is 3. The van der Waals surface area contributed by atoms with Gasteiger partial charge in [-0.3, -0.25) is 4.79 Å². The van der Waals surface area contributed by atoms with E-state index in [-0.39, 0.29) is 5.92 Å². The third-order valence-electron chi connectivity index (χ3n) is 10.7. The molecule has 2 heterocycles. The number of anilines is 2. The van der Waals surface area contributed by atoms with Gasteiger partial charge in [0.15, 0.2) is 0 Å².